The normalized spacial score (nSPS) is 11.9. The minimum atomic E-state index is -3.52. The van der Waals surface area contributed by atoms with E-state index in [-0.39, 0.29) is 0 Å². The Labute approximate surface area is 130 Å². The van der Waals surface area contributed by atoms with Crippen molar-refractivity contribution in [1.82, 2.24) is 9.29 Å². The van der Waals surface area contributed by atoms with Crippen molar-refractivity contribution in [3.05, 3.63) is 72.6 Å². The number of hydrogen-bond acceptors (Lipinski definition) is 3. The average Bonchev–Trinajstić information content (AvgIpc) is 2.55. The van der Waals surface area contributed by atoms with Gasteiger partial charge in [0.25, 0.3) is 0 Å². The summed E-state index contributed by atoms with van der Waals surface area (Å²) in [6, 6.07) is 16.6. The molecule has 0 N–H and O–H groups in total. The van der Waals surface area contributed by atoms with Crippen LogP contribution in [0.15, 0.2) is 71.9 Å². The van der Waals surface area contributed by atoms with Gasteiger partial charge < -0.3 is 0 Å². The van der Waals surface area contributed by atoms with Gasteiger partial charge in [-0.3, -0.25) is 4.98 Å². The van der Waals surface area contributed by atoms with Crippen LogP contribution in [0.1, 0.15) is 5.56 Å². The van der Waals surface area contributed by atoms with E-state index in [0.29, 0.717) is 11.4 Å². The predicted octanol–water partition coefficient (Wildman–Crippen LogP) is 3.06. The highest BCUT2D eigenvalue weighted by molar-refractivity contribution is 7.89. The van der Waals surface area contributed by atoms with E-state index in [1.54, 1.807) is 37.6 Å². The van der Waals surface area contributed by atoms with Crippen LogP contribution in [0.25, 0.3) is 10.8 Å². The maximum atomic E-state index is 12.7. The van der Waals surface area contributed by atoms with Crippen LogP contribution in [0.2, 0.25) is 0 Å². The Morgan fingerprint density at radius 3 is 2.50 bits per heavy atom. The molecule has 0 aliphatic carbocycles. The lowest BCUT2D eigenvalue weighted by Crippen LogP contribution is -2.26. The zero-order valence-corrected chi connectivity index (χ0v) is 13.0. The monoisotopic (exact) mass is 312 g/mol. The summed E-state index contributed by atoms with van der Waals surface area (Å²) in [6.45, 7) is 0.295. The van der Waals surface area contributed by atoms with Crippen LogP contribution in [-0.2, 0) is 16.6 Å². The second kappa shape index (κ2) is 5.87. The summed E-state index contributed by atoms with van der Waals surface area (Å²) in [7, 11) is -1.94. The van der Waals surface area contributed by atoms with E-state index in [1.165, 1.54) is 4.31 Å². The van der Waals surface area contributed by atoms with Gasteiger partial charge in [-0.2, -0.15) is 4.31 Å². The molecule has 5 heteroatoms. The largest absolute Gasteiger partial charge is 0.264 e. The van der Waals surface area contributed by atoms with E-state index in [2.05, 4.69) is 4.98 Å². The van der Waals surface area contributed by atoms with E-state index in [1.807, 2.05) is 36.4 Å². The Balaban J connectivity index is 1.93. The van der Waals surface area contributed by atoms with Crippen molar-refractivity contribution in [2.45, 2.75) is 11.4 Å². The first-order chi connectivity index (χ1) is 10.6. The van der Waals surface area contributed by atoms with Crippen molar-refractivity contribution < 1.29 is 8.42 Å². The molecule has 3 rings (SSSR count). The van der Waals surface area contributed by atoms with Gasteiger partial charge in [0.05, 0.1) is 4.90 Å². The molecule has 4 nitrogen and oxygen atoms in total. The summed E-state index contributed by atoms with van der Waals surface area (Å²) in [4.78, 5) is 4.32. The topological polar surface area (TPSA) is 50.3 Å². The number of sulfonamides is 1. The smallest absolute Gasteiger partial charge is 0.243 e. The highest BCUT2D eigenvalue weighted by Crippen LogP contribution is 2.22. The molecule has 1 heterocycles. The Bertz CT molecular complexity index is 893. The van der Waals surface area contributed by atoms with Gasteiger partial charge in [-0.15, -0.1) is 0 Å². The van der Waals surface area contributed by atoms with Crippen molar-refractivity contribution in [1.29, 1.82) is 0 Å². The van der Waals surface area contributed by atoms with E-state index < -0.39 is 10.0 Å². The molecule has 1 aromatic heterocycles. The summed E-state index contributed by atoms with van der Waals surface area (Å²) in [5, 5.41) is 1.94. The van der Waals surface area contributed by atoms with Gasteiger partial charge in [0.1, 0.15) is 0 Å². The molecule has 0 bridgehead atoms. The molecule has 0 aliphatic rings. The molecule has 22 heavy (non-hydrogen) atoms. The summed E-state index contributed by atoms with van der Waals surface area (Å²) in [5.74, 6) is 0. The number of aromatic nitrogens is 1. The predicted molar refractivity (Wildman–Crippen MR) is 86.8 cm³/mol. The third-order valence-corrected chi connectivity index (χ3v) is 5.36. The van der Waals surface area contributed by atoms with Crippen LogP contribution in [0.4, 0.5) is 0 Å². The quantitative estimate of drug-likeness (QED) is 0.744. The molecule has 0 aliphatic heterocycles. The van der Waals surface area contributed by atoms with Gasteiger partial charge in [-0.25, -0.2) is 8.42 Å². The molecular weight excluding hydrogens is 296 g/mol. The molecular formula is C17H16N2O2S. The van der Waals surface area contributed by atoms with Crippen LogP contribution < -0.4 is 0 Å². The van der Waals surface area contributed by atoms with Crippen molar-refractivity contribution >= 4 is 20.8 Å². The Morgan fingerprint density at radius 2 is 1.77 bits per heavy atom. The Hall–Kier alpha value is -2.24. The molecule has 0 amide bonds. The van der Waals surface area contributed by atoms with Crippen LogP contribution >= 0.6 is 0 Å². The third kappa shape index (κ3) is 2.86. The van der Waals surface area contributed by atoms with Gasteiger partial charge >= 0.3 is 0 Å². The zero-order chi connectivity index (χ0) is 15.6. The first kappa shape index (κ1) is 14.7. The lowest BCUT2D eigenvalue weighted by atomic mass is 10.1. The molecule has 0 saturated heterocycles. The average molecular weight is 312 g/mol. The highest BCUT2D eigenvalue weighted by Gasteiger charge is 2.21. The molecule has 0 saturated carbocycles. The van der Waals surface area contributed by atoms with Crippen LogP contribution in [0.5, 0.6) is 0 Å². The van der Waals surface area contributed by atoms with E-state index >= 15 is 0 Å². The number of fused-ring (bicyclic) bond motifs is 1. The minimum Gasteiger partial charge on any atom is -0.264 e. The fourth-order valence-corrected chi connectivity index (χ4v) is 3.54. The SMILES string of the molecule is CN(Cc1cccnc1)S(=O)(=O)c1ccc2ccccc2c1. The van der Waals surface area contributed by atoms with Gasteiger partial charge in [-0.1, -0.05) is 36.4 Å². The van der Waals surface area contributed by atoms with Crippen molar-refractivity contribution in [3.63, 3.8) is 0 Å². The van der Waals surface area contributed by atoms with Crippen LogP contribution in [0, 0.1) is 0 Å². The van der Waals surface area contributed by atoms with Crippen LogP contribution in [-0.4, -0.2) is 24.8 Å². The van der Waals surface area contributed by atoms with Gasteiger partial charge in [0.2, 0.25) is 10.0 Å². The van der Waals surface area contributed by atoms with Crippen molar-refractivity contribution in [2.24, 2.45) is 0 Å². The van der Waals surface area contributed by atoms with Gasteiger partial charge in [0, 0.05) is 26.0 Å². The van der Waals surface area contributed by atoms with Gasteiger partial charge in [-0.05, 0) is 34.5 Å². The number of pyridine rings is 1. The van der Waals surface area contributed by atoms with E-state index in [0.717, 1.165) is 16.3 Å². The van der Waals surface area contributed by atoms with E-state index in [4.69, 9.17) is 0 Å². The minimum absolute atomic E-state index is 0.295. The molecule has 0 spiro atoms. The molecule has 2 aromatic carbocycles. The lowest BCUT2D eigenvalue weighted by molar-refractivity contribution is 0.466. The lowest BCUT2D eigenvalue weighted by Gasteiger charge is -2.17. The number of benzene rings is 2. The summed E-state index contributed by atoms with van der Waals surface area (Å²) < 4.78 is 26.7. The molecule has 3 aromatic rings. The first-order valence-corrected chi connectivity index (χ1v) is 8.35. The number of nitrogens with zero attached hydrogens (tertiary/aromatic N) is 2. The summed E-state index contributed by atoms with van der Waals surface area (Å²) in [5.41, 5.74) is 0.856. The standard InChI is InChI=1S/C17H16N2O2S/c1-19(13-14-5-4-10-18-12-14)22(20,21)17-9-8-15-6-2-3-7-16(15)11-17/h2-12H,13H2,1H3. The Morgan fingerprint density at radius 1 is 1.00 bits per heavy atom. The first-order valence-electron chi connectivity index (χ1n) is 6.91. The van der Waals surface area contributed by atoms with Crippen molar-refractivity contribution in [2.75, 3.05) is 7.05 Å². The molecule has 0 unspecified atom stereocenters. The molecule has 0 fully saturated rings. The molecule has 0 atom stereocenters. The fourth-order valence-electron chi connectivity index (χ4n) is 2.34. The second-order valence-corrected chi connectivity index (χ2v) is 7.18. The highest BCUT2D eigenvalue weighted by atomic mass is 32.2. The summed E-state index contributed by atoms with van der Waals surface area (Å²) >= 11 is 0. The van der Waals surface area contributed by atoms with Gasteiger partial charge in [0.15, 0.2) is 0 Å². The molecule has 0 radical (unpaired) electrons. The second-order valence-electron chi connectivity index (χ2n) is 5.13. The maximum Gasteiger partial charge on any atom is 0.243 e. The van der Waals surface area contributed by atoms with Crippen molar-refractivity contribution in [3.8, 4) is 0 Å². The Kier molecular flexibility index (Phi) is 3.92. The number of rotatable bonds is 4. The molecule has 112 valence electrons. The number of hydrogen-bond donors (Lipinski definition) is 0. The summed E-state index contributed by atoms with van der Waals surface area (Å²) in [6.07, 6.45) is 3.34. The maximum absolute atomic E-state index is 12.7. The van der Waals surface area contributed by atoms with Crippen LogP contribution in [0.3, 0.4) is 0 Å². The zero-order valence-electron chi connectivity index (χ0n) is 12.2. The van der Waals surface area contributed by atoms with E-state index in [9.17, 15) is 8.42 Å². The fraction of sp³-hybridized carbons (Fsp3) is 0.118. The third-order valence-electron chi connectivity index (χ3n) is 3.56.